The van der Waals surface area contributed by atoms with Crippen LogP contribution in [0.15, 0.2) is 54.9 Å². The van der Waals surface area contributed by atoms with Crippen LogP contribution in [0.1, 0.15) is 15.9 Å². The molecular formula is C15H15Cl3N3O+. The number of nitrogens with two attached hydrogens (primary N) is 1. The molecule has 0 aliphatic rings. The van der Waals surface area contributed by atoms with Crippen molar-refractivity contribution < 1.29 is 10.1 Å². The topological polar surface area (TPSA) is 58.6 Å². The third kappa shape index (κ3) is 5.14. The Labute approximate surface area is 143 Å². The summed E-state index contributed by atoms with van der Waals surface area (Å²) < 4.78 is -1.63. The summed E-state index contributed by atoms with van der Waals surface area (Å²) in [5.74, 6) is -0.292. The minimum absolute atomic E-state index is 0.292. The second kappa shape index (κ2) is 7.79. The number of halogens is 3. The van der Waals surface area contributed by atoms with Crippen LogP contribution in [-0.2, 0) is 6.54 Å². The van der Waals surface area contributed by atoms with Crippen molar-refractivity contribution in [2.75, 3.05) is 0 Å². The Balaban J connectivity index is 2.02. The van der Waals surface area contributed by atoms with Gasteiger partial charge in [0.25, 0.3) is 9.70 Å². The number of aromatic nitrogens is 1. The first kappa shape index (κ1) is 17.0. The summed E-state index contributed by atoms with van der Waals surface area (Å²) in [6, 6.07) is 12.5. The maximum Gasteiger partial charge on any atom is 0.262 e. The first-order chi connectivity index (χ1) is 10.5. The number of hydrogen-bond acceptors (Lipinski definition) is 2. The van der Waals surface area contributed by atoms with Gasteiger partial charge in [-0.1, -0.05) is 59.1 Å². The van der Waals surface area contributed by atoms with Crippen LogP contribution in [-0.4, -0.2) is 20.8 Å². The molecule has 3 N–H and O–H groups in total. The molecule has 4 nitrogen and oxygen atoms in total. The van der Waals surface area contributed by atoms with Gasteiger partial charge in [-0.05, 0) is 18.2 Å². The van der Waals surface area contributed by atoms with Gasteiger partial charge in [0.2, 0.25) is 6.17 Å². The van der Waals surface area contributed by atoms with E-state index in [1.807, 2.05) is 18.2 Å². The number of carbonyl (C=O) groups excluding carboxylic acids is 1. The molecule has 0 aliphatic carbocycles. The van der Waals surface area contributed by atoms with Gasteiger partial charge in [0.15, 0.2) is 0 Å². The highest BCUT2D eigenvalue weighted by atomic mass is 35.6. The van der Waals surface area contributed by atoms with Crippen LogP contribution in [0.3, 0.4) is 0 Å². The average molecular weight is 360 g/mol. The third-order valence-corrected chi connectivity index (χ3v) is 3.69. The molecule has 0 saturated heterocycles. The van der Waals surface area contributed by atoms with Gasteiger partial charge in [0.1, 0.15) is 6.54 Å². The van der Waals surface area contributed by atoms with Crippen molar-refractivity contribution in [3.63, 3.8) is 0 Å². The van der Waals surface area contributed by atoms with Gasteiger partial charge in [-0.2, -0.15) is 0 Å². The number of alkyl halides is 3. The Hall–Kier alpha value is -1.33. The first-order valence-electron chi connectivity index (χ1n) is 6.61. The molecule has 0 aliphatic heterocycles. The van der Waals surface area contributed by atoms with Gasteiger partial charge in [0.05, 0.1) is 0 Å². The minimum atomic E-state index is -1.63. The molecule has 0 fully saturated rings. The second-order valence-electron chi connectivity index (χ2n) is 4.66. The molecule has 1 heterocycles. The molecular weight excluding hydrogens is 345 g/mol. The normalized spacial score (nSPS) is 12.7. The Bertz CT molecular complexity index is 602. The fourth-order valence-electron chi connectivity index (χ4n) is 1.86. The van der Waals surface area contributed by atoms with Crippen LogP contribution < -0.4 is 10.6 Å². The molecule has 0 bridgehead atoms. The second-order valence-corrected chi connectivity index (χ2v) is 7.03. The summed E-state index contributed by atoms with van der Waals surface area (Å²) in [6.45, 7) is 0.529. The molecule has 2 rings (SSSR count). The molecule has 1 amide bonds. The van der Waals surface area contributed by atoms with Gasteiger partial charge < -0.3 is 5.32 Å². The first-order valence-corrected chi connectivity index (χ1v) is 7.75. The summed E-state index contributed by atoms with van der Waals surface area (Å²) in [4.78, 5) is 16.2. The van der Waals surface area contributed by atoms with E-state index in [-0.39, 0.29) is 5.91 Å². The Morgan fingerprint density at radius 3 is 2.50 bits per heavy atom. The van der Waals surface area contributed by atoms with E-state index in [4.69, 9.17) is 34.8 Å². The molecule has 0 saturated carbocycles. The van der Waals surface area contributed by atoms with Crippen LogP contribution in [0, 0.1) is 0 Å². The molecule has 1 aromatic carbocycles. The number of pyridine rings is 1. The minimum Gasteiger partial charge on any atom is -0.319 e. The standard InChI is InChI=1S/C15H14Cl3N3O/c16-15(17,18)14(20-10-11-5-4-8-19-9-11)21-13(22)12-6-2-1-3-7-12/h1-9,14,20H,10H2,(H,21,22)/p+1/t14-/m1/s1. The molecule has 0 radical (unpaired) electrons. The number of quaternary nitrogens is 1. The predicted molar refractivity (Wildman–Crippen MR) is 87.9 cm³/mol. The summed E-state index contributed by atoms with van der Waals surface area (Å²) >= 11 is 17.9. The zero-order chi connectivity index (χ0) is 16.0. The average Bonchev–Trinajstić information content (AvgIpc) is 2.52. The van der Waals surface area contributed by atoms with Gasteiger partial charge in [-0.25, -0.2) is 0 Å². The van der Waals surface area contributed by atoms with Crippen molar-refractivity contribution in [1.29, 1.82) is 0 Å². The van der Waals surface area contributed by atoms with Gasteiger partial charge in [-0.15, -0.1) is 0 Å². The highest BCUT2D eigenvalue weighted by molar-refractivity contribution is 6.68. The van der Waals surface area contributed by atoms with Crippen LogP contribution in [0.4, 0.5) is 0 Å². The van der Waals surface area contributed by atoms with Crippen molar-refractivity contribution >= 4 is 40.7 Å². The third-order valence-electron chi connectivity index (χ3n) is 2.99. The van der Waals surface area contributed by atoms with Crippen molar-refractivity contribution in [3.05, 3.63) is 66.0 Å². The molecule has 2 aromatic rings. The largest absolute Gasteiger partial charge is 0.319 e. The number of nitrogens with zero attached hydrogens (tertiary/aromatic N) is 1. The van der Waals surface area contributed by atoms with Gasteiger partial charge in [0, 0.05) is 23.5 Å². The zero-order valence-corrected chi connectivity index (χ0v) is 13.8. The number of benzene rings is 1. The summed E-state index contributed by atoms with van der Waals surface area (Å²) in [7, 11) is 0. The molecule has 116 valence electrons. The van der Waals surface area contributed by atoms with Crippen LogP contribution >= 0.6 is 34.8 Å². The quantitative estimate of drug-likeness (QED) is 0.635. The van der Waals surface area contributed by atoms with E-state index >= 15 is 0 Å². The number of amides is 1. The SMILES string of the molecule is O=C(N[C@@H]([NH2+]Cc1cccnc1)C(Cl)(Cl)Cl)c1ccccc1. The number of hydrogen-bond donors (Lipinski definition) is 2. The number of rotatable bonds is 5. The highest BCUT2D eigenvalue weighted by Gasteiger charge is 2.37. The lowest BCUT2D eigenvalue weighted by atomic mass is 10.2. The highest BCUT2D eigenvalue weighted by Crippen LogP contribution is 2.27. The van der Waals surface area contributed by atoms with Crippen LogP contribution in [0.2, 0.25) is 0 Å². The summed E-state index contributed by atoms with van der Waals surface area (Å²) in [5.41, 5.74) is 1.48. The van der Waals surface area contributed by atoms with Gasteiger partial charge >= 0.3 is 0 Å². The van der Waals surface area contributed by atoms with Crippen molar-refractivity contribution in [2.45, 2.75) is 16.5 Å². The smallest absolute Gasteiger partial charge is 0.262 e. The Morgan fingerprint density at radius 2 is 1.91 bits per heavy atom. The fourth-order valence-corrected chi connectivity index (χ4v) is 2.29. The van der Waals surface area contributed by atoms with E-state index < -0.39 is 9.96 Å². The lowest BCUT2D eigenvalue weighted by molar-refractivity contribution is -0.706. The Kier molecular flexibility index (Phi) is 6.03. The molecule has 1 aromatic heterocycles. The molecule has 22 heavy (non-hydrogen) atoms. The van der Waals surface area contributed by atoms with Crippen LogP contribution in [0.5, 0.6) is 0 Å². The summed E-state index contributed by atoms with van der Waals surface area (Å²) in [5, 5.41) is 4.49. The maximum atomic E-state index is 12.2. The van der Waals surface area contributed by atoms with E-state index in [0.29, 0.717) is 12.1 Å². The predicted octanol–water partition coefficient (Wildman–Crippen LogP) is 2.27. The summed E-state index contributed by atoms with van der Waals surface area (Å²) in [6.07, 6.45) is 2.70. The van der Waals surface area contributed by atoms with E-state index in [0.717, 1.165) is 5.56 Å². The van der Waals surface area contributed by atoms with Crippen molar-refractivity contribution in [1.82, 2.24) is 10.3 Å². The molecule has 7 heteroatoms. The van der Waals surface area contributed by atoms with E-state index in [9.17, 15) is 4.79 Å². The lowest BCUT2D eigenvalue weighted by Crippen LogP contribution is -2.95. The molecule has 1 atom stereocenters. The fraction of sp³-hybridized carbons (Fsp3) is 0.200. The van der Waals surface area contributed by atoms with E-state index in [1.165, 1.54) is 0 Å². The van der Waals surface area contributed by atoms with Crippen molar-refractivity contribution in [3.8, 4) is 0 Å². The van der Waals surface area contributed by atoms with E-state index in [1.54, 1.807) is 42.0 Å². The number of carbonyl (C=O) groups is 1. The Morgan fingerprint density at radius 1 is 1.18 bits per heavy atom. The zero-order valence-electron chi connectivity index (χ0n) is 11.5. The van der Waals surface area contributed by atoms with Crippen molar-refractivity contribution in [2.24, 2.45) is 0 Å². The lowest BCUT2D eigenvalue weighted by Gasteiger charge is -2.23. The molecule has 0 spiro atoms. The monoisotopic (exact) mass is 358 g/mol. The number of nitrogens with one attached hydrogen (secondary N) is 1. The molecule has 0 unspecified atom stereocenters. The maximum absolute atomic E-state index is 12.2. The van der Waals surface area contributed by atoms with Crippen LogP contribution in [0.25, 0.3) is 0 Å². The van der Waals surface area contributed by atoms with Gasteiger partial charge in [-0.3, -0.25) is 15.1 Å². The van der Waals surface area contributed by atoms with E-state index in [2.05, 4.69) is 10.3 Å².